The Hall–Kier alpha value is -1.32. The second kappa shape index (κ2) is 6.60. The topological polar surface area (TPSA) is 76.9 Å². The van der Waals surface area contributed by atoms with Crippen LogP contribution < -0.4 is 0 Å². The summed E-state index contributed by atoms with van der Waals surface area (Å²) >= 11 is 0. The highest BCUT2D eigenvalue weighted by Crippen LogP contribution is 2.46. The summed E-state index contributed by atoms with van der Waals surface area (Å²) in [6.07, 6.45) is 7.65. The van der Waals surface area contributed by atoms with Crippen molar-refractivity contribution in [2.45, 2.75) is 95.6 Å². The Morgan fingerprint density at radius 2 is 1.89 bits per heavy atom. The molecule has 1 aromatic rings. The van der Waals surface area contributed by atoms with Gasteiger partial charge in [-0.2, -0.15) is 0 Å². The number of rotatable bonds is 3. The normalized spacial score (nSPS) is 39.1. The van der Waals surface area contributed by atoms with Crippen LogP contribution >= 0.6 is 0 Å². The van der Waals surface area contributed by atoms with Gasteiger partial charge in [-0.1, -0.05) is 11.3 Å². The standard InChI is InChI=1S/C20H29N3O5/c1-19(2)24-11-14(26-19)16-15(17-18(25-16)28-20(3,4)27-17)23-10-13(21-22-23)12-8-6-5-7-9-12/h8,10,14-18H,5-7,9,11H2,1-4H3/t14-,15-,16-,17-,18-/m1/s1. The van der Waals surface area contributed by atoms with Gasteiger partial charge in [0.25, 0.3) is 0 Å². The lowest BCUT2D eigenvalue weighted by Gasteiger charge is -2.28. The van der Waals surface area contributed by atoms with Gasteiger partial charge in [0.05, 0.1) is 12.8 Å². The molecule has 0 bridgehead atoms. The van der Waals surface area contributed by atoms with Crippen molar-refractivity contribution in [2.24, 2.45) is 0 Å². The number of ether oxygens (including phenoxy) is 5. The van der Waals surface area contributed by atoms with Crippen LogP contribution in [0, 0.1) is 0 Å². The molecule has 3 fully saturated rings. The van der Waals surface area contributed by atoms with Crippen LogP contribution in [-0.4, -0.2) is 57.8 Å². The third-order valence-electron chi connectivity index (χ3n) is 5.89. The van der Waals surface area contributed by atoms with Gasteiger partial charge >= 0.3 is 0 Å². The molecule has 4 aliphatic rings. The molecular weight excluding hydrogens is 362 g/mol. The van der Waals surface area contributed by atoms with Crippen LogP contribution in [0.4, 0.5) is 0 Å². The van der Waals surface area contributed by atoms with Crippen molar-refractivity contribution in [1.82, 2.24) is 15.0 Å². The van der Waals surface area contributed by atoms with Crippen molar-refractivity contribution < 1.29 is 23.7 Å². The van der Waals surface area contributed by atoms with Crippen molar-refractivity contribution in [1.29, 1.82) is 0 Å². The predicted octanol–water partition coefficient (Wildman–Crippen LogP) is 2.80. The molecule has 28 heavy (non-hydrogen) atoms. The Balaban J connectivity index is 1.45. The Labute approximate surface area is 165 Å². The van der Waals surface area contributed by atoms with Crippen LogP contribution in [0.1, 0.15) is 65.1 Å². The third-order valence-corrected chi connectivity index (χ3v) is 5.89. The molecule has 5 rings (SSSR count). The molecule has 0 amide bonds. The molecule has 5 atom stereocenters. The number of nitrogens with zero attached hydrogens (tertiary/aromatic N) is 3. The Bertz CT molecular complexity index is 774. The summed E-state index contributed by atoms with van der Waals surface area (Å²) in [6, 6.07) is -0.195. The number of hydrogen-bond acceptors (Lipinski definition) is 7. The van der Waals surface area contributed by atoms with Gasteiger partial charge in [-0.3, -0.25) is 0 Å². The molecule has 8 nitrogen and oxygen atoms in total. The zero-order valence-electron chi connectivity index (χ0n) is 17.0. The van der Waals surface area contributed by atoms with Crippen LogP contribution in [0.3, 0.4) is 0 Å². The van der Waals surface area contributed by atoms with Crippen molar-refractivity contribution in [2.75, 3.05) is 6.61 Å². The second-order valence-electron chi connectivity index (χ2n) is 8.99. The average molecular weight is 391 g/mol. The molecule has 0 aromatic carbocycles. The van der Waals surface area contributed by atoms with E-state index >= 15 is 0 Å². The van der Waals surface area contributed by atoms with Gasteiger partial charge in [-0.25, -0.2) is 4.68 Å². The van der Waals surface area contributed by atoms with Crippen molar-refractivity contribution in [3.05, 3.63) is 18.0 Å². The van der Waals surface area contributed by atoms with E-state index in [-0.39, 0.29) is 24.4 Å². The van der Waals surface area contributed by atoms with Gasteiger partial charge in [0.1, 0.15) is 30.0 Å². The van der Waals surface area contributed by atoms with E-state index in [0.29, 0.717) is 6.61 Å². The summed E-state index contributed by atoms with van der Waals surface area (Å²) in [5, 5.41) is 8.90. The summed E-state index contributed by atoms with van der Waals surface area (Å²) in [6.45, 7) is 8.09. The summed E-state index contributed by atoms with van der Waals surface area (Å²) in [7, 11) is 0. The van der Waals surface area contributed by atoms with Gasteiger partial charge in [-0.05, 0) is 59.0 Å². The first-order chi connectivity index (χ1) is 13.3. The lowest BCUT2D eigenvalue weighted by atomic mass is 9.97. The second-order valence-corrected chi connectivity index (χ2v) is 8.99. The number of aromatic nitrogens is 3. The van der Waals surface area contributed by atoms with Gasteiger partial charge in [-0.15, -0.1) is 5.10 Å². The number of allylic oxidation sites excluding steroid dienone is 2. The molecular formula is C20H29N3O5. The number of hydrogen-bond donors (Lipinski definition) is 0. The summed E-state index contributed by atoms with van der Waals surface area (Å²) in [5.74, 6) is -1.32. The fourth-order valence-electron chi connectivity index (χ4n) is 4.64. The van der Waals surface area contributed by atoms with E-state index < -0.39 is 17.9 Å². The first kappa shape index (κ1) is 18.7. The zero-order chi connectivity index (χ0) is 19.5. The van der Waals surface area contributed by atoms with Crippen molar-refractivity contribution in [3.8, 4) is 0 Å². The molecule has 0 spiro atoms. The Morgan fingerprint density at radius 1 is 1.04 bits per heavy atom. The molecule has 1 aliphatic carbocycles. The quantitative estimate of drug-likeness (QED) is 0.784. The van der Waals surface area contributed by atoms with E-state index in [1.807, 2.05) is 38.6 Å². The highest BCUT2D eigenvalue weighted by molar-refractivity contribution is 5.62. The van der Waals surface area contributed by atoms with E-state index in [4.69, 9.17) is 23.7 Å². The third kappa shape index (κ3) is 3.31. The molecule has 3 aliphatic heterocycles. The molecule has 0 saturated carbocycles. The van der Waals surface area contributed by atoms with Crippen molar-refractivity contribution in [3.63, 3.8) is 0 Å². The SMILES string of the molecule is CC1(C)O[C@H]2O[C@H]([C@H]3COC(C)(C)O3)[C@@H](n3cc(C4=CCCCC4)nn3)[C@H]2O1. The fraction of sp³-hybridized carbons (Fsp3) is 0.800. The van der Waals surface area contributed by atoms with Gasteiger partial charge in [0.15, 0.2) is 17.9 Å². The van der Waals surface area contributed by atoms with E-state index in [0.717, 1.165) is 18.5 Å². The molecule has 0 radical (unpaired) electrons. The van der Waals surface area contributed by atoms with Crippen LogP contribution in [0.15, 0.2) is 12.3 Å². The molecule has 154 valence electrons. The molecule has 3 saturated heterocycles. The molecule has 4 heterocycles. The van der Waals surface area contributed by atoms with Gasteiger partial charge in [0, 0.05) is 0 Å². The van der Waals surface area contributed by atoms with E-state index in [1.165, 1.54) is 18.4 Å². The highest BCUT2D eigenvalue weighted by atomic mass is 16.8. The molecule has 1 aromatic heterocycles. The number of fused-ring (bicyclic) bond motifs is 1. The fourth-order valence-corrected chi connectivity index (χ4v) is 4.64. The Kier molecular flexibility index (Phi) is 4.41. The summed E-state index contributed by atoms with van der Waals surface area (Å²) < 4.78 is 32.2. The van der Waals surface area contributed by atoms with Crippen molar-refractivity contribution >= 4 is 5.57 Å². The smallest absolute Gasteiger partial charge is 0.189 e. The van der Waals surface area contributed by atoms with Gasteiger partial charge in [0.2, 0.25) is 0 Å². The molecule has 8 heteroatoms. The van der Waals surface area contributed by atoms with E-state index in [1.54, 1.807) is 0 Å². The van der Waals surface area contributed by atoms with Crippen LogP contribution in [0.5, 0.6) is 0 Å². The summed E-state index contributed by atoms with van der Waals surface area (Å²) in [5.41, 5.74) is 2.21. The lowest BCUT2D eigenvalue weighted by Crippen LogP contribution is -2.40. The van der Waals surface area contributed by atoms with E-state index in [9.17, 15) is 0 Å². The largest absolute Gasteiger partial charge is 0.348 e. The first-order valence-corrected chi connectivity index (χ1v) is 10.3. The molecule has 0 unspecified atom stereocenters. The molecule has 0 N–H and O–H groups in total. The van der Waals surface area contributed by atoms with Crippen LogP contribution in [-0.2, 0) is 23.7 Å². The maximum atomic E-state index is 6.26. The van der Waals surface area contributed by atoms with E-state index in [2.05, 4.69) is 16.4 Å². The average Bonchev–Trinajstić information content (AvgIpc) is 3.37. The van der Waals surface area contributed by atoms with Crippen LogP contribution in [0.25, 0.3) is 5.57 Å². The zero-order valence-corrected chi connectivity index (χ0v) is 17.0. The Morgan fingerprint density at radius 3 is 2.61 bits per heavy atom. The van der Waals surface area contributed by atoms with Crippen LogP contribution in [0.2, 0.25) is 0 Å². The maximum Gasteiger partial charge on any atom is 0.189 e. The predicted molar refractivity (Wildman–Crippen MR) is 99.1 cm³/mol. The minimum Gasteiger partial charge on any atom is -0.348 e. The first-order valence-electron chi connectivity index (χ1n) is 10.3. The summed E-state index contributed by atoms with van der Waals surface area (Å²) in [4.78, 5) is 0. The minimum absolute atomic E-state index is 0.195. The lowest BCUT2D eigenvalue weighted by molar-refractivity contribution is -0.226. The highest BCUT2D eigenvalue weighted by Gasteiger charge is 2.59. The monoisotopic (exact) mass is 391 g/mol. The van der Waals surface area contributed by atoms with Gasteiger partial charge < -0.3 is 23.7 Å². The minimum atomic E-state index is -0.694. The maximum absolute atomic E-state index is 6.26.